The molecule has 1 aliphatic heterocycles. The van der Waals surface area contributed by atoms with E-state index in [1.807, 2.05) is 0 Å². The second kappa shape index (κ2) is 7.29. The van der Waals surface area contributed by atoms with Crippen molar-refractivity contribution in [3.05, 3.63) is 60.7 Å². The molecule has 0 aliphatic carbocycles. The van der Waals surface area contributed by atoms with Gasteiger partial charge in [0.1, 0.15) is 11.5 Å². The van der Waals surface area contributed by atoms with Crippen molar-refractivity contribution in [2.75, 3.05) is 6.61 Å². The third-order valence-electron chi connectivity index (χ3n) is 4.98. The Morgan fingerprint density at radius 1 is 1.03 bits per heavy atom. The molecule has 1 saturated heterocycles. The van der Waals surface area contributed by atoms with Crippen molar-refractivity contribution < 1.29 is 13.5 Å². The van der Waals surface area contributed by atoms with Gasteiger partial charge in [0.15, 0.2) is 6.23 Å². The molecule has 0 spiro atoms. The normalized spacial score (nSPS) is 17.0. The summed E-state index contributed by atoms with van der Waals surface area (Å²) in [5.41, 5.74) is 2.80. The van der Waals surface area contributed by atoms with E-state index in [1.165, 1.54) is 12.1 Å². The molecule has 1 atom stereocenters. The average molecular weight is 393 g/mol. The van der Waals surface area contributed by atoms with Crippen LogP contribution in [0.4, 0.5) is 8.78 Å². The lowest BCUT2D eigenvalue weighted by molar-refractivity contribution is -0.0365. The van der Waals surface area contributed by atoms with Crippen molar-refractivity contribution in [3.63, 3.8) is 0 Å². The number of pyridine rings is 3. The first-order chi connectivity index (χ1) is 14.2. The highest BCUT2D eigenvalue weighted by molar-refractivity contribution is 5.94. The Bertz CT molecular complexity index is 1190. The third-order valence-corrected chi connectivity index (χ3v) is 4.98. The van der Waals surface area contributed by atoms with Crippen LogP contribution in [0, 0.1) is 11.8 Å². The maximum atomic E-state index is 13.8. The zero-order valence-electron chi connectivity index (χ0n) is 15.4. The molecule has 6 nitrogen and oxygen atoms in total. The van der Waals surface area contributed by atoms with E-state index in [-0.39, 0.29) is 6.23 Å². The molecule has 4 aromatic rings. The highest BCUT2D eigenvalue weighted by Crippen LogP contribution is 2.33. The smallest absolute Gasteiger partial charge is 0.213 e. The van der Waals surface area contributed by atoms with E-state index < -0.39 is 11.8 Å². The van der Waals surface area contributed by atoms with Gasteiger partial charge in [-0.25, -0.2) is 14.1 Å². The minimum Gasteiger partial charge on any atom is -0.356 e. The monoisotopic (exact) mass is 393 g/mol. The third kappa shape index (κ3) is 3.36. The first-order valence-corrected chi connectivity index (χ1v) is 9.43. The number of rotatable bonds is 3. The molecule has 1 unspecified atom stereocenters. The lowest BCUT2D eigenvalue weighted by Crippen LogP contribution is -2.19. The van der Waals surface area contributed by atoms with Crippen LogP contribution < -0.4 is 0 Å². The summed E-state index contributed by atoms with van der Waals surface area (Å²) >= 11 is 0. The van der Waals surface area contributed by atoms with E-state index in [4.69, 9.17) is 9.84 Å². The van der Waals surface area contributed by atoms with Crippen molar-refractivity contribution in [2.45, 2.75) is 25.5 Å². The van der Waals surface area contributed by atoms with E-state index in [2.05, 4.69) is 15.0 Å². The summed E-state index contributed by atoms with van der Waals surface area (Å²) in [5.74, 6) is -1.02. The van der Waals surface area contributed by atoms with Crippen LogP contribution in [0.3, 0.4) is 0 Å². The molecule has 0 radical (unpaired) electrons. The van der Waals surface area contributed by atoms with Crippen LogP contribution in [0.15, 0.2) is 48.9 Å². The number of aromatic nitrogens is 5. The van der Waals surface area contributed by atoms with E-state index in [0.29, 0.717) is 29.3 Å². The molecule has 8 heteroatoms. The lowest BCUT2D eigenvalue weighted by Gasteiger charge is -2.23. The average Bonchev–Trinajstić information content (AvgIpc) is 3.13. The van der Waals surface area contributed by atoms with Gasteiger partial charge < -0.3 is 4.74 Å². The number of halogens is 2. The van der Waals surface area contributed by atoms with Crippen molar-refractivity contribution >= 4 is 10.9 Å². The molecule has 0 saturated carbocycles. The van der Waals surface area contributed by atoms with Crippen molar-refractivity contribution in [2.24, 2.45) is 0 Å². The van der Waals surface area contributed by atoms with Crippen molar-refractivity contribution in [1.29, 1.82) is 0 Å². The molecule has 0 bridgehead atoms. The number of hydrogen-bond acceptors (Lipinski definition) is 5. The topological polar surface area (TPSA) is 65.7 Å². The molecule has 0 N–H and O–H groups in total. The van der Waals surface area contributed by atoms with Gasteiger partial charge in [-0.3, -0.25) is 9.97 Å². The largest absolute Gasteiger partial charge is 0.356 e. The molecule has 4 aromatic heterocycles. The van der Waals surface area contributed by atoms with Crippen LogP contribution in [-0.2, 0) is 4.74 Å². The zero-order chi connectivity index (χ0) is 19.8. The van der Waals surface area contributed by atoms with Gasteiger partial charge in [0.25, 0.3) is 0 Å². The predicted molar refractivity (Wildman–Crippen MR) is 103 cm³/mol. The van der Waals surface area contributed by atoms with Gasteiger partial charge >= 0.3 is 0 Å². The summed E-state index contributed by atoms with van der Waals surface area (Å²) in [6.45, 7) is 0.667. The van der Waals surface area contributed by atoms with Gasteiger partial charge in [-0.1, -0.05) is 6.07 Å². The molecule has 0 amide bonds. The fraction of sp³-hybridized carbons (Fsp3) is 0.238. The zero-order valence-corrected chi connectivity index (χ0v) is 15.4. The number of hydrogen-bond donors (Lipinski definition) is 0. The molecule has 146 valence electrons. The van der Waals surface area contributed by atoms with Gasteiger partial charge in [0, 0.05) is 23.8 Å². The number of nitrogens with zero attached hydrogens (tertiary/aromatic N) is 5. The summed E-state index contributed by atoms with van der Waals surface area (Å²) in [6.07, 6.45) is 7.06. The molecular weight excluding hydrogens is 376 g/mol. The van der Waals surface area contributed by atoms with Crippen molar-refractivity contribution in [1.82, 2.24) is 24.7 Å². The molecule has 1 aliphatic rings. The Morgan fingerprint density at radius 2 is 1.97 bits per heavy atom. The first-order valence-electron chi connectivity index (χ1n) is 9.43. The highest BCUT2D eigenvalue weighted by atomic mass is 19.1. The Morgan fingerprint density at radius 3 is 2.76 bits per heavy atom. The summed E-state index contributed by atoms with van der Waals surface area (Å²) in [7, 11) is 0. The number of ether oxygens (including phenoxy) is 1. The minimum absolute atomic E-state index is 0.211. The second-order valence-corrected chi connectivity index (χ2v) is 6.94. The quantitative estimate of drug-likeness (QED) is 0.479. The minimum atomic E-state index is -0.581. The van der Waals surface area contributed by atoms with Crippen LogP contribution in [0.1, 0.15) is 25.5 Å². The van der Waals surface area contributed by atoms with E-state index in [1.54, 1.807) is 35.3 Å². The molecule has 1 fully saturated rings. The van der Waals surface area contributed by atoms with E-state index >= 15 is 0 Å². The Hall–Kier alpha value is -3.26. The first kappa shape index (κ1) is 17.8. The van der Waals surface area contributed by atoms with Crippen LogP contribution in [0.2, 0.25) is 0 Å². The van der Waals surface area contributed by atoms with Crippen LogP contribution in [0.5, 0.6) is 0 Å². The van der Waals surface area contributed by atoms with Gasteiger partial charge in [-0.2, -0.15) is 9.49 Å². The van der Waals surface area contributed by atoms with E-state index in [0.717, 1.165) is 36.4 Å². The van der Waals surface area contributed by atoms with Gasteiger partial charge in [-0.15, -0.1) is 0 Å². The van der Waals surface area contributed by atoms with Crippen LogP contribution >= 0.6 is 0 Å². The summed E-state index contributed by atoms with van der Waals surface area (Å²) < 4.78 is 35.1. The fourth-order valence-corrected chi connectivity index (χ4v) is 3.61. The van der Waals surface area contributed by atoms with Crippen LogP contribution in [-0.4, -0.2) is 31.3 Å². The van der Waals surface area contributed by atoms with Crippen LogP contribution in [0.25, 0.3) is 33.5 Å². The van der Waals surface area contributed by atoms with Gasteiger partial charge in [0.05, 0.1) is 29.3 Å². The highest BCUT2D eigenvalue weighted by Gasteiger charge is 2.23. The molecular formula is C21H17F2N5O. The standard InChI is InChI=1S/C21H17F2N5O/c22-14-8-13(10-24-11-14)17-9-15-18(12-25-17)28(20-6-1-2-7-29-20)27-21(15)16-4-3-5-19(23)26-16/h3-5,8-12,20H,1-2,6-7H2. The summed E-state index contributed by atoms with van der Waals surface area (Å²) in [5, 5.41) is 5.45. The van der Waals surface area contributed by atoms with Crippen molar-refractivity contribution in [3.8, 4) is 22.6 Å². The van der Waals surface area contributed by atoms with E-state index in [9.17, 15) is 8.78 Å². The van der Waals surface area contributed by atoms with Gasteiger partial charge in [0.2, 0.25) is 5.95 Å². The fourth-order valence-electron chi connectivity index (χ4n) is 3.61. The van der Waals surface area contributed by atoms with Gasteiger partial charge in [-0.05, 0) is 43.5 Å². The SMILES string of the molecule is Fc1cncc(-c2cc3c(-c4cccc(F)n4)nn(C4CCCCO4)c3cn2)c1. The second-order valence-electron chi connectivity index (χ2n) is 6.94. The Balaban J connectivity index is 1.71. The number of fused-ring (bicyclic) bond motifs is 1. The lowest BCUT2D eigenvalue weighted by atomic mass is 10.1. The maximum Gasteiger partial charge on any atom is 0.213 e. The Kier molecular flexibility index (Phi) is 4.48. The summed E-state index contributed by atoms with van der Waals surface area (Å²) in [4.78, 5) is 12.4. The summed E-state index contributed by atoms with van der Waals surface area (Å²) in [6, 6.07) is 7.77. The molecule has 29 heavy (non-hydrogen) atoms. The molecule has 0 aromatic carbocycles. The maximum absolute atomic E-state index is 13.8. The predicted octanol–water partition coefficient (Wildman–Crippen LogP) is 4.53. The Labute approximate surface area is 165 Å². The molecule has 5 heterocycles. The molecule has 5 rings (SSSR count).